The molecule has 0 aromatic heterocycles. The van der Waals surface area contributed by atoms with Crippen molar-refractivity contribution in [2.45, 2.75) is 25.9 Å². The number of nitrogens with one attached hydrogen (secondary N) is 1. The lowest BCUT2D eigenvalue weighted by atomic mass is 9.94. The van der Waals surface area contributed by atoms with E-state index in [0.717, 1.165) is 15.1 Å². The van der Waals surface area contributed by atoms with Gasteiger partial charge in [0.15, 0.2) is 0 Å². The molecule has 4 heteroatoms. The van der Waals surface area contributed by atoms with Crippen molar-refractivity contribution in [1.29, 1.82) is 0 Å². The van der Waals surface area contributed by atoms with Crippen LogP contribution in [-0.2, 0) is 12.1 Å². The summed E-state index contributed by atoms with van der Waals surface area (Å²) in [6, 6.07) is 13.8. The first-order valence-electron chi connectivity index (χ1n) is 6.33. The third kappa shape index (κ3) is 3.98. The predicted octanol–water partition coefficient (Wildman–Crippen LogP) is 5.78. The summed E-state index contributed by atoms with van der Waals surface area (Å²) in [4.78, 5) is 0. The van der Waals surface area contributed by atoms with Crippen molar-refractivity contribution in [2.24, 2.45) is 0 Å². The van der Waals surface area contributed by atoms with Gasteiger partial charge >= 0.3 is 0 Å². The minimum atomic E-state index is -0.146. The molecule has 0 atom stereocenters. The van der Waals surface area contributed by atoms with Crippen LogP contribution in [0.5, 0.6) is 0 Å². The van der Waals surface area contributed by atoms with Gasteiger partial charge in [-0.2, -0.15) is 0 Å². The zero-order chi connectivity index (χ0) is 14.8. The fourth-order valence-electron chi connectivity index (χ4n) is 1.96. The summed E-state index contributed by atoms with van der Waals surface area (Å²) in [5, 5.41) is 4.95. The van der Waals surface area contributed by atoms with Gasteiger partial charge in [0.25, 0.3) is 0 Å². The number of hydrogen-bond donors (Lipinski definition) is 1. The van der Waals surface area contributed by atoms with Crippen molar-refractivity contribution in [3.05, 3.63) is 68.1 Å². The summed E-state index contributed by atoms with van der Waals surface area (Å²) in [6.07, 6.45) is 0. The molecule has 0 aliphatic heterocycles. The van der Waals surface area contributed by atoms with E-state index in [9.17, 15) is 0 Å². The summed E-state index contributed by atoms with van der Waals surface area (Å²) >= 11 is 15.6. The largest absolute Gasteiger partial charge is 0.304 e. The van der Waals surface area contributed by atoms with Gasteiger partial charge in [-0.05, 0) is 55.3 Å². The van der Waals surface area contributed by atoms with Gasteiger partial charge in [-0.15, -0.1) is 0 Å². The van der Waals surface area contributed by atoms with Gasteiger partial charge < -0.3 is 5.32 Å². The third-order valence-electron chi connectivity index (χ3n) is 3.29. The van der Waals surface area contributed by atoms with Gasteiger partial charge in [-0.3, -0.25) is 0 Å². The topological polar surface area (TPSA) is 12.0 Å². The average Bonchev–Trinajstić information content (AvgIpc) is 2.40. The predicted molar refractivity (Wildman–Crippen MR) is 90.5 cm³/mol. The quantitative estimate of drug-likeness (QED) is 0.717. The van der Waals surface area contributed by atoms with Crippen LogP contribution in [-0.4, -0.2) is 0 Å². The minimum absolute atomic E-state index is 0.146. The molecule has 2 aromatic carbocycles. The van der Waals surface area contributed by atoms with Crippen molar-refractivity contribution in [3.8, 4) is 0 Å². The number of benzene rings is 2. The van der Waals surface area contributed by atoms with Gasteiger partial charge in [0.1, 0.15) is 0 Å². The van der Waals surface area contributed by atoms with E-state index in [1.54, 1.807) is 6.07 Å². The molecule has 0 amide bonds. The zero-order valence-electron chi connectivity index (χ0n) is 11.4. The van der Waals surface area contributed by atoms with Crippen LogP contribution in [0.2, 0.25) is 10.0 Å². The maximum Gasteiger partial charge on any atom is 0.0451 e. The summed E-state index contributed by atoms with van der Waals surface area (Å²) in [5.74, 6) is 0. The molecule has 106 valence electrons. The maximum absolute atomic E-state index is 6.19. The highest BCUT2D eigenvalue weighted by atomic mass is 79.9. The van der Waals surface area contributed by atoms with Crippen LogP contribution < -0.4 is 5.32 Å². The number of rotatable bonds is 4. The Hall–Kier alpha value is -0.540. The van der Waals surface area contributed by atoms with Crippen molar-refractivity contribution in [2.75, 3.05) is 0 Å². The molecular weight excluding hydrogens is 357 g/mol. The third-order valence-corrected chi connectivity index (χ3v) is 4.43. The van der Waals surface area contributed by atoms with Gasteiger partial charge in [-0.1, -0.05) is 51.3 Å². The van der Waals surface area contributed by atoms with Crippen molar-refractivity contribution < 1.29 is 0 Å². The molecule has 0 radical (unpaired) electrons. The highest BCUT2D eigenvalue weighted by molar-refractivity contribution is 9.10. The van der Waals surface area contributed by atoms with Crippen LogP contribution in [0.3, 0.4) is 0 Å². The van der Waals surface area contributed by atoms with E-state index >= 15 is 0 Å². The fourth-order valence-corrected chi connectivity index (χ4v) is 2.61. The Morgan fingerprint density at radius 3 is 2.35 bits per heavy atom. The van der Waals surface area contributed by atoms with Gasteiger partial charge in [0, 0.05) is 26.6 Å². The molecule has 20 heavy (non-hydrogen) atoms. The smallest absolute Gasteiger partial charge is 0.0451 e. The second-order valence-electron chi connectivity index (χ2n) is 5.22. The molecule has 0 bridgehead atoms. The number of halogens is 3. The van der Waals surface area contributed by atoms with Crippen LogP contribution in [0.4, 0.5) is 0 Å². The average molecular weight is 373 g/mol. The summed E-state index contributed by atoms with van der Waals surface area (Å²) in [5.41, 5.74) is 2.08. The molecule has 2 rings (SSSR count). The first-order chi connectivity index (χ1) is 9.38. The summed E-state index contributed by atoms with van der Waals surface area (Å²) < 4.78 is 1.08. The summed E-state index contributed by atoms with van der Waals surface area (Å²) in [7, 11) is 0. The molecule has 0 aliphatic carbocycles. The van der Waals surface area contributed by atoms with E-state index in [2.05, 4.69) is 47.2 Å². The highest BCUT2D eigenvalue weighted by Crippen LogP contribution is 2.25. The Labute approximate surface area is 138 Å². The van der Waals surface area contributed by atoms with E-state index in [1.165, 1.54) is 5.56 Å². The Balaban J connectivity index is 2.12. The maximum atomic E-state index is 6.19. The molecule has 0 heterocycles. The van der Waals surface area contributed by atoms with Crippen molar-refractivity contribution in [1.82, 2.24) is 5.32 Å². The molecule has 0 unspecified atom stereocenters. The molecule has 0 spiro atoms. The van der Waals surface area contributed by atoms with E-state index in [4.69, 9.17) is 23.2 Å². The molecule has 0 saturated heterocycles. The van der Waals surface area contributed by atoms with E-state index in [1.807, 2.05) is 24.3 Å². The summed E-state index contributed by atoms with van der Waals surface area (Å²) in [6.45, 7) is 4.96. The normalized spacial score (nSPS) is 11.7. The van der Waals surface area contributed by atoms with Crippen molar-refractivity contribution >= 4 is 39.1 Å². The van der Waals surface area contributed by atoms with Gasteiger partial charge in [0.05, 0.1) is 0 Å². The standard InChI is InChI=1S/C16H16BrCl2N/c1-16(2,12-3-5-13(17)6-4-12)20-10-11-9-14(18)7-8-15(11)19/h3-9,20H,10H2,1-2H3. The van der Waals surface area contributed by atoms with Crippen molar-refractivity contribution in [3.63, 3.8) is 0 Å². The molecule has 1 N–H and O–H groups in total. The van der Waals surface area contributed by atoms with Crippen LogP contribution in [0.25, 0.3) is 0 Å². The molecule has 1 nitrogen and oxygen atoms in total. The first kappa shape index (κ1) is 15.8. The molecule has 2 aromatic rings. The molecule has 0 aliphatic rings. The van der Waals surface area contributed by atoms with E-state index < -0.39 is 0 Å². The van der Waals surface area contributed by atoms with Crippen LogP contribution in [0.15, 0.2) is 46.9 Å². The Morgan fingerprint density at radius 1 is 1.05 bits per heavy atom. The van der Waals surface area contributed by atoms with E-state index in [-0.39, 0.29) is 5.54 Å². The minimum Gasteiger partial charge on any atom is -0.304 e. The molecule has 0 fully saturated rings. The zero-order valence-corrected chi connectivity index (χ0v) is 14.5. The van der Waals surface area contributed by atoms with Gasteiger partial charge in [-0.25, -0.2) is 0 Å². The second-order valence-corrected chi connectivity index (χ2v) is 6.98. The number of hydrogen-bond acceptors (Lipinski definition) is 1. The molecular formula is C16H16BrCl2N. The Kier molecular flexibility index (Phi) is 5.14. The monoisotopic (exact) mass is 371 g/mol. The molecule has 0 saturated carbocycles. The fraction of sp³-hybridized carbons (Fsp3) is 0.250. The highest BCUT2D eigenvalue weighted by Gasteiger charge is 2.19. The second kappa shape index (κ2) is 6.48. The van der Waals surface area contributed by atoms with E-state index in [0.29, 0.717) is 11.6 Å². The lowest BCUT2D eigenvalue weighted by Crippen LogP contribution is -2.36. The van der Waals surface area contributed by atoms with Gasteiger partial charge in [0.2, 0.25) is 0 Å². The van der Waals surface area contributed by atoms with Crippen LogP contribution in [0, 0.1) is 0 Å². The Morgan fingerprint density at radius 2 is 1.70 bits per heavy atom. The van der Waals surface area contributed by atoms with Crippen LogP contribution in [0.1, 0.15) is 25.0 Å². The Bertz CT molecular complexity index is 594. The first-order valence-corrected chi connectivity index (χ1v) is 7.88. The van der Waals surface area contributed by atoms with Crippen LogP contribution >= 0.6 is 39.1 Å². The SMILES string of the molecule is CC(C)(NCc1cc(Cl)ccc1Cl)c1ccc(Br)cc1. The lowest BCUT2D eigenvalue weighted by molar-refractivity contribution is 0.401. The lowest BCUT2D eigenvalue weighted by Gasteiger charge is -2.27.